The second-order valence-electron chi connectivity index (χ2n) is 5.44. The second kappa shape index (κ2) is 4.46. The van der Waals surface area contributed by atoms with Crippen molar-refractivity contribution in [3.05, 3.63) is 0 Å². The van der Waals surface area contributed by atoms with Crippen molar-refractivity contribution >= 4 is 5.78 Å². The summed E-state index contributed by atoms with van der Waals surface area (Å²) < 4.78 is 0. The molecule has 0 bridgehead atoms. The van der Waals surface area contributed by atoms with Crippen molar-refractivity contribution < 1.29 is 4.79 Å². The van der Waals surface area contributed by atoms with Gasteiger partial charge >= 0.3 is 0 Å². The lowest BCUT2D eigenvalue weighted by Crippen LogP contribution is -2.25. The van der Waals surface area contributed by atoms with Gasteiger partial charge in [0, 0.05) is 12.3 Å². The predicted octanol–water partition coefficient (Wildman–Crippen LogP) is 3.57. The molecule has 0 N–H and O–H groups in total. The van der Waals surface area contributed by atoms with E-state index in [-0.39, 0.29) is 0 Å². The molecule has 14 heavy (non-hydrogen) atoms. The molecule has 0 aliphatic heterocycles. The van der Waals surface area contributed by atoms with Gasteiger partial charge in [-0.3, -0.25) is 4.79 Å². The molecule has 2 rings (SSSR count). The van der Waals surface area contributed by atoms with Crippen LogP contribution in [0.15, 0.2) is 0 Å². The molecule has 0 saturated heterocycles. The smallest absolute Gasteiger partial charge is 0.136 e. The zero-order chi connectivity index (χ0) is 9.97. The molecule has 2 saturated carbocycles. The first-order chi connectivity index (χ1) is 6.75. The molecule has 0 spiro atoms. The van der Waals surface area contributed by atoms with Gasteiger partial charge < -0.3 is 0 Å². The predicted molar refractivity (Wildman–Crippen MR) is 58.1 cm³/mol. The van der Waals surface area contributed by atoms with Gasteiger partial charge in [-0.25, -0.2) is 0 Å². The van der Waals surface area contributed by atoms with E-state index in [2.05, 4.69) is 6.92 Å². The van der Waals surface area contributed by atoms with Crippen LogP contribution >= 0.6 is 0 Å². The van der Waals surface area contributed by atoms with E-state index in [0.29, 0.717) is 11.7 Å². The van der Waals surface area contributed by atoms with Crippen molar-refractivity contribution in [3.8, 4) is 0 Å². The summed E-state index contributed by atoms with van der Waals surface area (Å²) in [5, 5.41) is 0. The Morgan fingerprint density at radius 3 is 2.43 bits per heavy atom. The summed E-state index contributed by atoms with van der Waals surface area (Å²) in [6.07, 6.45) is 9.86. The number of carbonyl (C=O) groups is 1. The third kappa shape index (κ3) is 2.37. The maximum Gasteiger partial charge on any atom is 0.136 e. The number of hydrogen-bond donors (Lipinski definition) is 0. The molecule has 2 atom stereocenters. The second-order valence-corrected chi connectivity index (χ2v) is 5.44. The van der Waals surface area contributed by atoms with E-state index in [1.807, 2.05) is 0 Å². The zero-order valence-electron chi connectivity index (χ0n) is 9.30. The maximum absolute atomic E-state index is 11.9. The Morgan fingerprint density at radius 1 is 1.14 bits per heavy atom. The maximum atomic E-state index is 11.9. The molecular formula is C13H22O. The van der Waals surface area contributed by atoms with Crippen molar-refractivity contribution in [1.29, 1.82) is 0 Å². The Hall–Kier alpha value is -0.330. The topological polar surface area (TPSA) is 17.1 Å². The summed E-state index contributed by atoms with van der Waals surface area (Å²) in [5.74, 6) is 2.57. The van der Waals surface area contributed by atoms with Crippen LogP contribution in [0.2, 0.25) is 0 Å². The third-order valence-electron chi connectivity index (χ3n) is 4.11. The third-order valence-corrected chi connectivity index (χ3v) is 4.11. The quantitative estimate of drug-likeness (QED) is 0.671. The van der Waals surface area contributed by atoms with Gasteiger partial charge in [0.2, 0.25) is 0 Å². The van der Waals surface area contributed by atoms with Crippen LogP contribution in [0.4, 0.5) is 0 Å². The van der Waals surface area contributed by atoms with Crippen molar-refractivity contribution in [2.75, 3.05) is 0 Å². The Kier molecular flexibility index (Phi) is 3.25. The highest BCUT2D eigenvalue weighted by atomic mass is 16.1. The normalized spacial score (nSPS) is 33.8. The van der Waals surface area contributed by atoms with E-state index < -0.39 is 0 Å². The summed E-state index contributed by atoms with van der Waals surface area (Å²) >= 11 is 0. The van der Waals surface area contributed by atoms with E-state index in [0.717, 1.165) is 18.3 Å². The minimum atomic E-state index is 0.430. The van der Waals surface area contributed by atoms with Gasteiger partial charge in [0.1, 0.15) is 5.78 Å². The van der Waals surface area contributed by atoms with Crippen molar-refractivity contribution in [2.24, 2.45) is 17.8 Å². The lowest BCUT2D eigenvalue weighted by molar-refractivity contribution is -0.125. The van der Waals surface area contributed by atoms with Crippen molar-refractivity contribution in [3.63, 3.8) is 0 Å². The molecule has 2 fully saturated rings. The standard InChI is InChI=1S/C13H22O/c1-10-4-2-7-12(8-10)13(14)9-11-5-3-6-11/h10-12H,2-9H2,1H3. The average Bonchev–Trinajstić information content (AvgIpc) is 2.11. The molecular weight excluding hydrogens is 172 g/mol. The molecule has 0 aromatic heterocycles. The molecule has 0 aromatic carbocycles. The van der Waals surface area contributed by atoms with E-state index in [1.54, 1.807) is 0 Å². The summed E-state index contributed by atoms with van der Waals surface area (Å²) in [6.45, 7) is 2.29. The fourth-order valence-corrected chi connectivity index (χ4v) is 2.87. The van der Waals surface area contributed by atoms with Gasteiger partial charge in [-0.05, 0) is 24.7 Å². The van der Waals surface area contributed by atoms with Crippen molar-refractivity contribution in [2.45, 2.75) is 58.3 Å². The SMILES string of the molecule is CC1CCCC(C(=O)CC2CCC2)C1. The first-order valence-corrected chi connectivity index (χ1v) is 6.28. The number of rotatable bonds is 3. The Bertz CT molecular complexity index is 205. The molecule has 2 unspecified atom stereocenters. The van der Waals surface area contributed by atoms with Crippen LogP contribution < -0.4 is 0 Å². The van der Waals surface area contributed by atoms with E-state index in [1.165, 1.54) is 44.9 Å². The molecule has 1 nitrogen and oxygen atoms in total. The largest absolute Gasteiger partial charge is 0.299 e. The molecule has 0 amide bonds. The monoisotopic (exact) mass is 194 g/mol. The van der Waals surface area contributed by atoms with E-state index >= 15 is 0 Å². The Morgan fingerprint density at radius 2 is 1.86 bits per heavy atom. The first kappa shape index (κ1) is 10.2. The Labute approximate surface area is 87.3 Å². The summed E-state index contributed by atoms with van der Waals surface area (Å²) in [6, 6.07) is 0. The van der Waals surface area contributed by atoms with Gasteiger partial charge in [-0.1, -0.05) is 39.0 Å². The highest BCUT2D eigenvalue weighted by Gasteiger charge is 2.28. The van der Waals surface area contributed by atoms with Crippen LogP contribution in [0.5, 0.6) is 0 Å². The van der Waals surface area contributed by atoms with Gasteiger partial charge in [-0.2, -0.15) is 0 Å². The number of carbonyl (C=O) groups excluding carboxylic acids is 1. The summed E-state index contributed by atoms with van der Waals surface area (Å²) in [4.78, 5) is 11.9. The molecule has 0 heterocycles. The molecule has 0 aromatic rings. The van der Waals surface area contributed by atoms with Crippen LogP contribution in [-0.4, -0.2) is 5.78 Å². The highest BCUT2D eigenvalue weighted by Crippen LogP contribution is 2.34. The summed E-state index contributed by atoms with van der Waals surface area (Å²) in [5.41, 5.74) is 0. The first-order valence-electron chi connectivity index (χ1n) is 6.28. The Balaban J connectivity index is 1.77. The fraction of sp³-hybridized carbons (Fsp3) is 0.923. The molecule has 2 aliphatic rings. The molecule has 1 heteroatoms. The number of ketones is 1. The minimum Gasteiger partial charge on any atom is -0.299 e. The van der Waals surface area contributed by atoms with E-state index in [4.69, 9.17) is 0 Å². The molecule has 0 radical (unpaired) electrons. The van der Waals surface area contributed by atoms with Crippen molar-refractivity contribution in [1.82, 2.24) is 0 Å². The highest BCUT2D eigenvalue weighted by molar-refractivity contribution is 5.81. The molecule has 80 valence electrons. The fourth-order valence-electron chi connectivity index (χ4n) is 2.87. The van der Waals surface area contributed by atoms with Crippen LogP contribution in [-0.2, 0) is 4.79 Å². The molecule has 2 aliphatic carbocycles. The lowest BCUT2D eigenvalue weighted by Gasteiger charge is -2.29. The van der Waals surface area contributed by atoms with Gasteiger partial charge in [0.05, 0.1) is 0 Å². The van der Waals surface area contributed by atoms with Crippen LogP contribution in [0.25, 0.3) is 0 Å². The number of Topliss-reactive ketones (excluding diaryl/α,β-unsaturated/α-hetero) is 1. The van der Waals surface area contributed by atoms with Crippen LogP contribution in [0, 0.1) is 17.8 Å². The summed E-state index contributed by atoms with van der Waals surface area (Å²) in [7, 11) is 0. The number of hydrogen-bond acceptors (Lipinski definition) is 1. The van der Waals surface area contributed by atoms with Crippen LogP contribution in [0.3, 0.4) is 0 Å². The van der Waals surface area contributed by atoms with Gasteiger partial charge in [0.15, 0.2) is 0 Å². The van der Waals surface area contributed by atoms with Gasteiger partial charge in [0.25, 0.3) is 0 Å². The van der Waals surface area contributed by atoms with Crippen LogP contribution in [0.1, 0.15) is 58.3 Å². The zero-order valence-corrected chi connectivity index (χ0v) is 9.30. The minimum absolute atomic E-state index is 0.430. The van der Waals surface area contributed by atoms with E-state index in [9.17, 15) is 4.79 Å². The van der Waals surface area contributed by atoms with Gasteiger partial charge in [-0.15, -0.1) is 0 Å². The average molecular weight is 194 g/mol. The lowest BCUT2D eigenvalue weighted by atomic mass is 9.75.